The molecule has 1 aromatic rings. The van der Waals surface area contributed by atoms with Crippen LogP contribution in [-0.2, 0) is 0 Å². The molecular formula is C12H15ClFN. The molecule has 0 saturated heterocycles. The molecular weight excluding hydrogens is 213 g/mol. The lowest BCUT2D eigenvalue weighted by Crippen LogP contribution is -2.25. The van der Waals surface area contributed by atoms with Gasteiger partial charge in [0.25, 0.3) is 0 Å². The average molecular weight is 228 g/mol. The average Bonchev–Trinajstić information content (AvgIpc) is 2.90. The van der Waals surface area contributed by atoms with Crippen LogP contribution in [0.15, 0.2) is 18.2 Å². The fraction of sp³-hybridized carbons (Fsp3) is 0.500. The minimum absolute atomic E-state index is 0.0924. The summed E-state index contributed by atoms with van der Waals surface area (Å²) < 4.78 is 13.7. The Morgan fingerprint density at radius 2 is 2.13 bits per heavy atom. The minimum Gasteiger partial charge on any atom is -0.312 e. The van der Waals surface area contributed by atoms with Crippen LogP contribution in [0.25, 0.3) is 0 Å². The molecule has 0 aliphatic heterocycles. The van der Waals surface area contributed by atoms with Crippen molar-refractivity contribution in [3.63, 3.8) is 0 Å². The molecule has 3 heteroatoms. The largest absolute Gasteiger partial charge is 0.312 e. The van der Waals surface area contributed by atoms with Crippen LogP contribution in [0.5, 0.6) is 0 Å². The van der Waals surface area contributed by atoms with Crippen LogP contribution in [0.1, 0.15) is 31.4 Å². The molecule has 1 aliphatic carbocycles. The Kier molecular flexibility index (Phi) is 2.73. The number of rotatable bonds is 3. The summed E-state index contributed by atoms with van der Waals surface area (Å²) in [7, 11) is 1.88. The van der Waals surface area contributed by atoms with Gasteiger partial charge in [0.15, 0.2) is 0 Å². The Bertz CT molecular complexity index is 374. The van der Waals surface area contributed by atoms with Crippen molar-refractivity contribution < 1.29 is 4.39 Å². The molecule has 1 unspecified atom stereocenters. The first kappa shape index (κ1) is 10.9. The van der Waals surface area contributed by atoms with E-state index < -0.39 is 0 Å². The highest BCUT2D eigenvalue weighted by Crippen LogP contribution is 2.54. The molecule has 0 heterocycles. The van der Waals surface area contributed by atoms with Gasteiger partial charge in [0.2, 0.25) is 0 Å². The Morgan fingerprint density at radius 1 is 1.47 bits per heavy atom. The van der Waals surface area contributed by atoms with Crippen molar-refractivity contribution in [2.75, 3.05) is 7.05 Å². The first-order chi connectivity index (χ1) is 7.07. The summed E-state index contributed by atoms with van der Waals surface area (Å²) in [4.78, 5) is 0. The third-order valence-electron chi connectivity index (χ3n) is 3.30. The van der Waals surface area contributed by atoms with Gasteiger partial charge in [0.1, 0.15) is 5.82 Å². The maximum Gasteiger partial charge on any atom is 0.129 e. The molecule has 82 valence electrons. The molecule has 2 rings (SSSR count). The zero-order chi connectivity index (χ0) is 11.1. The van der Waals surface area contributed by atoms with E-state index in [0.717, 1.165) is 18.4 Å². The topological polar surface area (TPSA) is 12.0 Å². The summed E-state index contributed by atoms with van der Waals surface area (Å²) in [6, 6.07) is 5.00. The lowest BCUT2D eigenvalue weighted by Gasteiger charge is -2.24. The van der Waals surface area contributed by atoms with Crippen molar-refractivity contribution in [1.29, 1.82) is 0 Å². The lowest BCUT2D eigenvalue weighted by atomic mass is 9.91. The van der Waals surface area contributed by atoms with Crippen molar-refractivity contribution in [2.45, 2.75) is 25.8 Å². The van der Waals surface area contributed by atoms with Crippen LogP contribution in [0.3, 0.4) is 0 Å². The number of nitrogens with one attached hydrogen (secondary N) is 1. The summed E-state index contributed by atoms with van der Waals surface area (Å²) in [6.07, 6.45) is 2.31. The first-order valence-electron chi connectivity index (χ1n) is 5.19. The molecule has 0 aromatic heterocycles. The second kappa shape index (κ2) is 3.76. The third kappa shape index (κ3) is 2.01. The van der Waals surface area contributed by atoms with Crippen molar-refractivity contribution >= 4 is 11.6 Å². The summed E-state index contributed by atoms with van der Waals surface area (Å²) in [5.41, 5.74) is 0.936. The van der Waals surface area contributed by atoms with Crippen LogP contribution in [-0.4, -0.2) is 7.05 Å². The van der Waals surface area contributed by atoms with Gasteiger partial charge >= 0.3 is 0 Å². The third-order valence-corrected chi connectivity index (χ3v) is 3.53. The molecule has 1 aromatic carbocycles. The van der Waals surface area contributed by atoms with Crippen molar-refractivity contribution in [1.82, 2.24) is 5.32 Å². The quantitative estimate of drug-likeness (QED) is 0.833. The number of hydrogen-bond donors (Lipinski definition) is 1. The van der Waals surface area contributed by atoms with Gasteiger partial charge in [-0.3, -0.25) is 0 Å². The highest BCUT2D eigenvalue weighted by atomic mass is 35.5. The highest BCUT2D eigenvalue weighted by molar-refractivity contribution is 6.30. The van der Waals surface area contributed by atoms with E-state index >= 15 is 0 Å². The number of halogens is 2. The van der Waals surface area contributed by atoms with Gasteiger partial charge in [-0.1, -0.05) is 24.6 Å². The van der Waals surface area contributed by atoms with Crippen LogP contribution < -0.4 is 5.32 Å². The van der Waals surface area contributed by atoms with E-state index in [4.69, 9.17) is 11.6 Å². The predicted octanol–water partition coefficient (Wildman–Crippen LogP) is 3.54. The molecule has 1 saturated carbocycles. The molecule has 0 spiro atoms. The second-order valence-corrected chi connectivity index (χ2v) is 4.98. The Morgan fingerprint density at radius 3 is 2.60 bits per heavy atom. The molecule has 0 bridgehead atoms. The van der Waals surface area contributed by atoms with Gasteiger partial charge in [-0.05, 0) is 37.4 Å². The summed E-state index contributed by atoms with van der Waals surface area (Å²) in [6.45, 7) is 2.18. The predicted molar refractivity (Wildman–Crippen MR) is 60.6 cm³/mol. The van der Waals surface area contributed by atoms with Crippen LogP contribution in [0.2, 0.25) is 5.02 Å². The maximum atomic E-state index is 13.7. The zero-order valence-electron chi connectivity index (χ0n) is 8.98. The van der Waals surface area contributed by atoms with E-state index in [9.17, 15) is 4.39 Å². The highest BCUT2D eigenvalue weighted by Gasteiger charge is 2.45. The van der Waals surface area contributed by atoms with E-state index in [1.54, 1.807) is 12.1 Å². The molecule has 15 heavy (non-hydrogen) atoms. The van der Waals surface area contributed by atoms with Gasteiger partial charge in [-0.25, -0.2) is 4.39 Å². The van der Waals surface area contributed by atoms with Gasteiger partial charge < -0.3 is 5.32 Å². The molecule has 1 N–H and O–H groups in total. The maximum absolute atomic E-state index is 13.7. The zero-order valence-corrected chi connectivity index (χ0v) is 9.74. The summed E-state index contributed by atoms with van der Waals surface area (Å²) in [5, 5.41) is 3.65. The van der Waals surface area contributed by atoms with Gasteiger partial charge in [0.05, 0.1) is 0 Å². The molecule has 1 aliphatic rings. The normalized spacial score (nSPS) is 20.0. The standard InChI is InChI=1S/C12H15ClFN/c1-12(5-6-12)11(15-2)9-4-3-8(13)7-10(9)14/h3-4,7,11,15H,5-6H2,1-2H3. The van der Waals surface area contributed by atoms with Crippen molar-refractivity contribution in [2.24, 2.45) is 5.41 Å². The Balaban J connectivity index is 2.34. The molecule has 0 radical (unpaired) electrons. The number of benzene rings is 1. The lowest BCUT2D eigenvalue weighted by molar-refractivity contribution is 0.377. The Labute approximate surface area is 94.6 Å². The van der Waals surface area contributed by atoms with Crippen LogP contribution in [0, 0.1) is 11.2 Å². The smallest absolute Gasteiger partial charge is 0.129 e. The van der Waals surface area contributed by atoms with E-state index in [2.05, 4.69) is 12.2 Å². The van der Waals surface area contributed by atoms with Crippen LogP contribution >= 0.6 is 11.6 Å². The second-order valence-electron chi connectivity index (χ2n) is 4.54. The van der Waals surface area contributed by atoms with E-state index in [-0.39, 0.29) is 17.3 Å². The fourth-order valence-electron chi connectivity index (χ4n) is 2.10. The molecule has 0 amide bonds. The fourth-order valence-corrected chi connectivity index (χ4v) is 2.26. The van der Waals surface area contributed by atoms with Gasteiger partial charge in [0, 0.05) is 16.6 Å². The molecule has 1 fully saturated rings. The molecule has 1 atom stereocenters. The molecule has 1 nitrogen and oxygen atoms in total. The SMILES string of the molecule is CNC(c1ccc(Cl)cc1F)C1(C)CC1. The van der Waals surface area contributed by atoms with E-state index in [0.29, 0.717) is 5.02 Å². The van der Waals surface area contributed by atoms with Crippen LogP contribution in [0.4, 0.5) is 4.39 Å². The summed E-state index contributed by atoms with van der Waals surface area (Å²) >= 11 is 5.73. The van der Waals surface area contributed by atoms with Gasteiger partial charge in [-0.15, -0.1) is 0 Å². The summed E-state index contributed by atoms with van der Waals surface area (Å²) in [5.74, 6) is -0.213. The van der Waals surface area contributed by atoms with Crippen molar-refractivity contribution in [3.05, 3.63) is 34.6 Å². The van der Waals surface area contributed by atoms with Gasteiger partial charge in [-0.2, -0.15) is 0 Å². The van der Waals surface area contributed by atoms with E-state index in [1.165, 1.54) is 6.07 Å². The first-order valence-corrected chi connectivity index (χ1v) is 5.57. The Hall–Kier alpha value is -0.600. The van der Waals surface area contributed by atoms with Crippen molar-refractivity contribution in [3.8, 4) is 0 Å². The van der Waals surface area contributed by atoms with E-state index in [1.807, 2.05) is 7.05 Å². The minimum atomic E-state index is -0.213. The number of hydrogen-bond acceptors (Lipinski definition) is 1. The monoisotopic (exact) mass is 227 g/mol.